The number of nitrogens with two attached hydrogens (primary N) is 1. The number of nitrogens with one attached hydrogen (secondary N) is 1. The number of ether oxygens (including phenoxy) is 1. The first kappa shape index (κ1) is 18.4. The molecule has 1 aromatic carbocycles. The summed E-state index contributed by atoms with van der Waals surface area (Å²) in [6.07, 6.45) is -3.14. The van der Waals surface area contributed by atoms with Crippen LogP contribution in [0.1, 0.15) is 21.6 Å². The van der Waals surface area contributed by atoms with Crippen molar-refractivity contribution in [2.75, 3.05) is 6.54 Å². The second-order valence-electron chi connectivity index (χ2n) is 4.92. The van der Waals surface area contributed by atoms with E-state index in [-0.39, 0.29) is 30.2 Å². The van der Waals surface area contributed by atoms with Gasteiger partial charge in [-0.15, -0.1) is 0 Å². The zero-order chi connectivity index (χ0) is 18.4. The quantitative estimate of drug-likeness (QED) is 0.856. The number of alkyl halides is 3. The first-order valence-corrected chi connectivity index (χ1v) is 7.09. The van der Waals surface area contributed by atoms with Crippen molar-refractivity contribution in [3.63, 3.8) is 0 Å². The van der Waals surface area contributed by atoms with E-state index in [4.69, 9.17) is 10.5 Å². The summed E-state index contributed by atoms with van der Waals surface area (Å²) in [6.45, 7) is -0.584. The molecule has 0 bridgehead atoms. The van der Waals surface area contributed by atoms with Crippen LogP contribution in [0.5, 0.6) is 5.75 Å². The third kappa shape index (κ3) is 5.01. The van der Waals surface area contributed by atoms with Crippen LogP contribution in [0.15, 0.2) is 42.6 Å². The van der Waals surface area contributed by atoms with Crippen molar-refractivity contribution >= 4 is 11.8 Å². The number of halogens is 3. The molecule has 6 nitrogen and oxygen atoms in total. The number of aromatic nitrogens is 1. The highest BCUT2D eigenvalue weighted by atomic mass is 19.4. The summed E-state index contributed by atoms with van der Waals surface area (Å²) in [4.78, 5) is 27.0. The van der Waals surface area contributed by atoms with Crippen molar-refractivity contribution in [3.05, 3.63) is 59.4 Å². The molecule has 0 saturated heterocycles. The predicted molar refractivity (Wildman–Crippen MR) is 81.5 cm³/mol. The standard InChI is InChI=1S/C16H14F3N3O3/c17-16(18,19)11-4-1-3-10(7-11)9-25-12-5-2-6-21-14(12)15(24)22-13(23)8-20/h1-7H,8-9,20H2,(H,22,23,24). The van der Waals surface area contributed by atoms with Gasteiger partial charge in [-0.3, -0.25) is 14.9 Å². The number of carbonyl (C=O) groups excluding carboxylic acids is 2. The maximum absolute atomic E-state index is 12.7. The fraction of sp³-hybridized carbons (Fsp3) is 0.188. The minimum absolute atomic E-state index is 0.0298. The molecule has 2 rings (SSSR count). The van der Waals surface area contributed by atoms with Crippen LogP contribution in [0.4, 0.5) is 13.2 Å². The van der Waals surface area contributed by atoms with Crippen LogP contribution in [0.3, 0.4) is 0 Å². The lowest BCUT2D eigenvalue weighted by atomic mass is 10.1. The first-order chi connectivity index (χ1) is 11.8. The molecule has 0 radical (unpaired) electrons. The Bertz CT molecular complexity index is 778. The Morgan fingerprint density at radius 2 is 1.96 bits per heavy atom. The number of imide groups is 1. The summed E-state index contributed by atoms with van der Waals surface area (Å²) in [5.74, 6) is -1.48. The van der Waals surface area contributed by atoms with Crippen LogP contribution < -0.4 is 15.8 Å². The molecule has 3 N–H and O–H groups in total. The predicted octanol–water partition coefficient (Wildman–Crippen LogP) is 1.89. The van der Waals surface area contributed by atoms with E-state index in [2.05, 4.69) is 4.98 Å². The van der Waals surface area contributed by atoms with Gasteiger partial charge in [0.05, 0.1) is 12.1 Å². The average molecular weight is 353 g/mol. The summed E-state index contributed by atoms with van der Waals surface area (Å²) in [5.41, 5.74) is 4.41. The van der Waals surface area contributed by atoms with Crippen LogP contribution in [-0.2, 0) is 17.6 Å². The Hall–Kier alpha value is -2.94. The van der Waals surface area contributed by atoms with E-state index in [1.165, 1.54) is 30.5 Å². The SMILES string of the molecule is NCC(=O)NC(=O)c1ncccc1OCc1cccc(C(F)(F)F)c1. The van der Waals surface area contributed by atoms with E-state index in [0.717, 1.165) is 12.1 Å². The second kappa shape index (κ2) is 7.75. The van der Waals surface area contributed by atoms with Gasteiger partial charge in [-0.1, -0.05) is 12.1 Å². The lowest BCUT2D eigenvalue weighted by molar-refractivity contribution is -0.137. The topological polar surface area (TPSA) is 94.3 Å². The molecule has 0 saturated carbocycles. The Morgan fingerprint density at radius 3 is 2.64 bits per heavy atom. The summed E-state index contributed by atoms with van der Waals surface area (Å²) in [7, 11) is 0. The van der Waals surface area contributed by atoms with Gasteiger partial charge >= 0.3 is 6.18 Å². The minimum atomic E-state index is -4.46. The summed E-state index contributed by atoms with van der Waals surface area (Å²) in [5, 5.41) is 2.02. The second-order valence-corrected chi connectivity index (χ2v) is 4.92. The molecule has 2 amide bonds. The van der Waals surface area contributed by atoms with Crippen molar-refractivity contribution in [3.8, 4) is 5.75 Å². The molecule has 0 aliphatic heterocycles. The molecular formula is C16H14F3N3O3. The number of rotatable bonds is 5. The molecule has 0 atom stereocenters. The summed E-state index contributed by atoms with van der Waals surface area (Å²) in [6, 6.07) is 7.53. The molecule has 0 aliphatic rings. The van der Waals surface area contributed by atoms with Gasteiger partial charge < -0.3 is 10.5 Å². The Morgan fingerprint density at radius 1 is 1.20 bits per heavy atom. The number of amides is 2. The number of benzene rings is 1. The number of pyridine rings is 1. The third-order valence-corrected chi connectivity index (χ3v) is 3.07. The van der Waals surface area contributed by atoms with Gasteiger partial charge in [-0.05, 0) is 29.8 Å². The molecule has 9 heteroatoms. The largest absolute Gasteiger partial charge is 0.486 e. The van der Waals surface area contributed by atoms with Crippen molar-refractivity contribution in [1.82, 2.24) is 10.3 Å². The van der Waals surface area contributed by atoms with Crippen molar-refractivity contribution in [2.45, 2.75) is 12.8 Å². The monoisotopic (exact) mass is 353 g/mol. The van der Waals surface area contributed by atoms with Crippen LogP contribution in [0.2, 0.25) is 0 Å². The van der Waals surface area contributed by atoms with Gasteiger partial charge in [0.2, 0.25) is 5.91 Å². The highest BCUT2D eigenvalue weighted by Gasteiger charge is 2.30. The normalized spacial score (nSPS) is 11.0. The molecule has 25 heavy (non-hydrogen) atoms. The third-order valence-electron chi connectivity index (χ3n) is 3.07. The average Bonchev–Trinajstić information content (AvgIpc) is 2.59. The molecule has 1 heterocycles. The van der Waals surface area contributed by atoms with Crippen LogP contribution in [0, 0.1) is 0 Å². The summed E-state index contributed by atoms with van der Waals surface area (Å²) >= 11 is 0. The van der Waals surface area contributed by atoms with E-state index in [0.29, 0.717) is 0 Å². The van der Waals surface area contributed by atoms with Gasteiger partial charge in [-0.2, -0.15) is 13.2 Å². The molecule has 2 aromatic rings. The molecule has 0 aliphatic carbocycles. The van der Waals surface area contributed by atoms with Crippen LogP contribution in [-0.4, -0.2) is 23.3 Å². The fourth-order valence-corrected chi connectivity index (χ4v) is 1.91. The maximum Gasteiger partial charge on any atom is 0.416 e. The van der Waals surface area contributed by atoms with Crippen molar-refractivity contribution in [2.24, 2.45) is 5.73 Å². The fourth-order valence-electron chi connectivity index (χ4n) is 1.91. The first-order valence-electron chi connectivity index (χ1n) is 7.09. The van der Waals surface area contributed by atoms with Gasteiger partial charge in [0.25, 0.3) is 5.91 Å². The maximum atomic E-state index is 12.7. The van der Waals surface area contributed by atoms with Crippen molar-refractivity contribution < 1.29 is 27.5 Å². The number of hydrogen-bond donors (Lipinski definition) is 2. The van der Waals surface area contributed by atoms with Crippen LogP contribution in [0.25, 0.3) is 0 Å². The highest BCUT2D eigenvalue weighted by Crippen LogP contribution is 2.29. The Kier molecular flexibility index (Phi) is 5.71. The molecule has 0 spiro atoms. The molecule has 0 unspecified atom stereocenters. The molecule has 0 fully saturated rings. The van der Waals surface area contributed by atoms with E-state index < -0.39 is 23.6 Å². The Labute approximate surface area is 140 Å². The summed E-state index contributed by atoms with van der Waals surface area (Å²) < 4.78 is 43.5. The molecule has 1 aromatic heterocycles. The van der Waals surface area contributed by atoms with Gasteiger partial charge in [0, 0.05) is 6.20 Å². The van der Waals surface area contributed by atoms with E-state index >= 15 is 0 Å². The minimum Gasteiger partial charge on any atom is -0.486 e. The lowest BCUT2D eigenvalue weighted by Gasteiger charge is -2.12. The zero-order valence-electron chi connectivity index (χ0n) is 12.8. The van der Waals surface area contributed by atoms with Crippen LogP contribution >= 0.6 is 0 Å². The number of hydrogen-bond acceptors (Lipinski definition) is 5. The lowest BCUT2D eigenvalue weighted by Crippen LogP contribution is -2.36. The zero-order valence-corrected chi connectivity index (χ0v) is 12.8. The number of carbonyl (C=O) groups is 2. The van der Waals surface area contributed by atoms with E-state index in [1.807, 2.05) is 5.32 Å². The van der Waals surface area contributed by atoms with Gasteiger partial charge in [-0.25, -0.2) is 4.98 Å². The van der Waals surface area contributed by atoms with Gasteiger partial charge in [0.1, 0.15) is 6.61 Å². The van der Waals surface area contributed by atoms with Crippen molar-refractivity contribution in [1.29, 1.82) is 0 Å². The van der Waals surface area contributed by atoms with Gasteiger partial charge in [0.15, 0.2) is 11.4 Å². The smallest absolute Gasteiger partial charge is 0.416 e. The number of nitrogens with zero attached hydrogens (tertiary/aromatic N) is 1. The highest BCUT2D eigenvalue weighted by molar-refractivity contribution is 6.05. The molecule has 132 valence electrons. The van der Waals surface area contributed by atoms with E-state index in [1.54, 1.807) is 0 Å². The van der Waals surface area contributed by atoms with E-state index in [9.17, 15) is 22.8 Å². The molecular weight excluding hydrogens is 339 g/mol. The Balaban J connectivity index is 2.14.